The summed E-state index contributed by atoms with van der Waals surface area (Å²) in [6.45, 7) is 7.95. The first-order chi connectivity index (χ1) is 14.8. The molecule has 4 rings (SSSR count). The summed E-state index contributed by atoms with van der Waals surface area (Å²) < 4.78 is 33.4. The van der Waals surface area contributed by atoms with Crippen LogP contribution in [-0.2, 0) is 21.2 Å². The van der Waals surface area contributed by atoms with E-state index in [1.165, 1.54) is 22.3 Å². The predicted molar refractivity (Wildman–Crippen MR) is 121 cm³/mol. The van der Waals surface area contributed by atoms with E-state index in [1.54, 1.807) is 13.8 Å². The Morgan fingerprint density at radius 2 is 1.77 bits per heavy atom. The standard InChI is InChI=1S/C24H29N3O3S/c1-17-6-4-8-21(14-17)22-9-5-7-20(15-22)16-27-12-10-23(11-13-27)26-31(28,29)24-18(2)25-30-19(24)3/h4-9,14-15,23H,10-13,16H2,1-3H3,(H-,26,28,29). The monoisotopic (exact) mass is 439 g/mol. The molecule has 0 spiro atoms. The lowest BCUT2D eigenvalue weighted by Crippen LogP contribution is -2.46. The van der Waals surface area contributed by atoms with Gasteiger partial charge in [-0.1, -0.05) is 57.4 Å². The van der Waals surface area contributed by atoms with Crippen LogP contribution in [0.1, 0.15) is 35.4 Å². The van der Waals surface area contributed by atoms with Gasteiger partial charge in [0.25, 0.3) is 0 Å². The molecule has 0 saturated carbocycles. The smallest absolute Gasteiger partial charge is 0.240 e. The van der Waals surface area contributed by atoms with Gasteiger partial charge in [0.1, 0.15) is 5.69 Å². The number of nitrogens with one attached hydrogen (secondary N) is 1. The normalized spacial score (nSPS) is 17.5. The van der Waals surface area contributed by atoms with Crippen molar-refractivity contribution in [1.29, 1.82) is 0 Å². The van der Waals surface area contributed by atoms with Gasteiger partial charge >= 0.3 is 0 Å². The summed E-state index contributed by atoms with van der Waals surface area (Å²) in [5.41, 5.74) is 5.38. The lowest BCUT2D eigenvalue weighted by molar-refractivity contribution is 0.198. The fraction of sp³-hybridized carbons (Fsp3) is 0.375. The average Bonchev–Trinajstić information content (AvgIpc) is 3.08. The van der Waals surface area contributed by atoms with Gasteiger partial charge < -0.3 is 9.08 Å². The van der Waals surface area contributed by atoms with Crippen molar-refractivity contribution in [2.45, 2.75) is 51.1 Å². The second-order valence-corrected chi connectivity index (χ2v) is 10.0. The van der Waals surface area contributed by atoms with Gasteiger partial charge in [0.15, 0.2) is 16.2 Å². The maximum atomic E-state index is 12.7. The summed E-state index contributed by atoms with van der Waals surface area (Å²) in [5, 5.41) is 3.77. The Morgan fingerprint density at radius 1 is 1.10 bits per heavy atom. The summed E-state index contributed by atoms with van der Waals surface area (Å²) in [4.78, 5) is 2.55. The van der Waals surface area contributed by atoms with Crippen LogP contribution in [-0.4, -0.2) is 33.7 Å². The minimum Gasteiger partial charge on any atom is -0.593 e. The molecule has 164 valence electrons. The Labute approximate surface area is 185 Å². The van der Waals surface area contributed by atoms with E-state index in [-0.39, 0.29) is 10.9 Å². The highest BCUT2D eigenvalue weighted by Crippen LogP contribution is 2.26. The Balaban J connectivity index is 1.36. The summed E-state index contributed by atoms with van der Waals surface area (Å²) in [5.74, 6) is 0.330. The van der Waals surface area contributed by atoms with Crippen LogP contribution in [0.5, 0.6) is 0 Å². The molecule has 1 N–H and O–H groups in total. The van der Waals surface area contributed by atoms with Gasteiger partial charge in [0.05, 0.1) is 6.04 Å². The topological polar surface area (TPSA) is 81.4 Å². The zero-order valence-electron chi connectivity index (χ0n) is 18.3. The number of rotatable bonds is 6. The van der Waals surface area contributed by atoms with Crippen molar-refractivity contribution in [2.24, 2.45) is 0 Å². The minimum atomic E-state index is -3.62. The van der Waals surface area contributed by atoms with Crippen LogP contribution in [0.25, 0.3) is 11.1 Å². The third-order valence-corrected chi connectivity index (χ3v) is 7.59. The number of aromatic nitrogens is 1. The highest BCUT2D eigenvalue weighted by atomic mass is 32.3. The van der Waals surface area contributed by atoms with Gasteiger partial charge in [-0.05, 0) is 49.4 Å². The SMILES string of the molecule is Cc1cccc(-c2cccc(CN3CCC(N[S+](=O)([O-])c4c(C)noc4C)CC3)c2)c1. The molecule has 1 aliphatic heterocycles. The number of hydrogen-bond donors (Lipinski definition) is 1. The molecule has 6 nitrogen and oxygen atoms in total. The van der Waals surface area contributed by atoms with E-state index in [1.807, 2.05) is 0 Å². The Kier molecular flexibility index (Phi) is 6.39. The van der Waals surface area contributed by atoms with Crippen molar-refractivity contribution in [2.75, 3.05) is 13.1 Å². The Bertz CT molecular complexity index is 1080. The molecule has 1 fully saturated rings. The molecular formula is C24H29N3O3S. The maximum absolute atomic E-state index is 12.7. The molecule has 1 aromatic heterocycles. The van der Waals surface area contributed by atoms with E-state index < -0.39 is 10.4 Å². The second kappa shape index (κ2) is 9.04. The number of nitrogens with zero attached hydrogens (tertiary/aromatic N) is 2. The van der Waals surface area contributed by atoms with E-state index in [0.717, 1.165) is 32.5 Å². The highest BCUT2D eigenvalue weighted by molar-refractivity contribution is 7.95. The van der Waals surface area contributed by atoms with E-state index in [0.29, 0.717) is 11.5 Å². The first kappa shape index (κ1) is 21.9. The van der Waals surface area contributed by atoms with Crippen LogP contribution in [0.15, 0.2) is 57.9 Å². The van der Waals surface area contributed by atoms with Crippen molar-refractivity contribution in [3.05, 3.63) is 71.1 Å². The maximum Gasteiger partial charge on any atom is 0.240 e. The van der Waals surface area contributed by atoms with Crippen molar-refractivity contribution in [3.8, 4) is 11.1 Å². The first-order valence-electron chi connectivity index (χ1n) is 10.7. The molecular weight excluding hydrogens is 410 g/mol. The first-order valence-corrected chi connectivity index (χ1v) is 12.1. The molecule has 31 heavy (non-hydrogen) atoms. The van der Waals surface area contributed by atoms with Crippen molar-refractivity contribution >= 4 is 10.4 Å². The number of aryl methyl sites for hydroxylation is 3. The third kappa shape index (κ3) is 5.13. The molecule has 0 aliphatic carbocycles. The lowest BCUT2D eigenvalue weighted by atomic mass is 10.0. The summed E-state index contributed by atoms with van der Waals surface area (Å²) >= 11 is 0. The average molecular weight is 440 g/mol. The van der Waals surface area contributed by atoms with Crippen molar-refractivity contribution in [3.63, 3.8) is 0 Å². The fourth-order valence-corrected chi connectivity index (χ4v) is 5.91. The van der Waals surface area contributed by atoms with Gasteiger partial charge in [-0.3, -0.25) is 4.90 Å². The molecule has 0 bridgehead atoms. The largest absolute Gasteiger partial charge is 0.593 e. The van der Waals surface area contributed by atoms with Crippen LogP contribution in [0, 0.1) is 20.8 Å². The van der Waals surface area contributed by atoms with Crippen LogP contribution in [0.4, 0.5) is 0 Å². The molecule has 0 radical (unpaired) electrons. The third-order valence-electron chi connectivity index (χ3n) is 5.83. The molecule has 2 heterocycles. The Morgan fingerprint density at radius 3 is 2.42 bits per heavy atom. The molecule has 1 aliphatic rings. The van der Waals surface area contributed by atoms with Gasteiger partial charge in [-0.25, -0.2) is 0 Å². The van der Waals surface area contributed by atoms with Crippen LogP contribution < -0.4 is 4.72 Å². The van der Waals surface area contributed by atoms with Crippen LogP contribution >= 0.6 is 0 Å². The predicted octanol–water partition coefficient (Wildman–Crippen LogP) is 4.42. The van der Waals surface area contributed by atoms with Crippen LogP contribution in [0.2, 0.25) is 0 Å². The number of sulfonamides is 1. The zero-order valence-corrected chi connectivity index (χ0v) is 19.1. The van der Waals surface area contributed by atoms with E-state index in [9.17, 15) is 8.76 Å². The fourth-order valence-electron chi connectivity index (χ4n) is 4.28. The molecule has 1 unspecified atom stereocenters. The van der Waals surface area contributed by atoms with Gasteiger partial charge in [-0.15, -0.1) is 4.72 Å². The number of likely N-dealkylation sites (tertiary alicyclic amines) is 1. The zero-order chi connectivity index (χ0) is 22.0. The van der Waals surface area contributed by atoms with E-state index >= 15 is 0 Å². The summed E-state index contributed by atoms with van der Waals surface area (Å²) in [7, 11) is -3.62. The van der Waals surface area contributed by atoms with E-state index in [4.69, 9.17) is 4.52 Å². The molecule has 1 atom stereocenters. The van der Waals surface area contributed by atoms with Crippen molar-refractivity contribution in [1.82, 2.24) is 14.8 Å². The molecule has 0 amide bonds. The summed E-state index contributed by atoms with van der Waals surface area (Å²) in [6, 6.07) is 17.1. The van der Waals surface area contributed by atoms with Gasteiger partial charge in [0.2, 0.25) is 4.90 Å². The van der Waals surface area contributed by atoms with Crippen molar-refractivity contribution < 1.29 is 13.3 Å². The molecule has 7 heteroatoms. The van der Waals surface area contributed by atoms with Crippen LogP contribution in [0.3, 0.4) is 0 Å². The molecule has 2 aromatic carbocycles. The lowest BCUT2D eigenvalue weighted by Gasteiger charge is -2.32. The number of hydrogen-bond acceptors (Lipinski definition) is 5. The molecule has 3 aromatic rings. The minimum absolute atomic E-state index is 0.0754. The second-order valence-electron chi connectivity index (χ2n) is 8.39. The number of piperidine rings is 1. The highest BCUT2D eigenvalue weighted by Gasteiger charge is 2.33. The van der Waals surface area contributed by atoms with Gasteiger partial charge in [0, 0.05) is 26.6 Å². The Hall–Kier alpha value is -2.32. The number of benzene rings is 2. The summed E-state index contributed by atoms with van der Waals surface area (Å²) in [6.07, 6.45) is 1.56. The van der Waals surface area contributed by atoms with Gasteiger partial charge in [-0.2, -0.15) is 0 Å². The van der Waals surface area contributed by atoms with E-state index in [2.05, 4.69) is 70.2 Å². The molecule has 1 saturated heterocycles. The quantitative estimate of drug-likeness (QED) is 0.575.